The summed E-state index contributed by atoms with van der Waals surface area (Å²) in [6, 6.07) is 15.5. The minimum Gasteiger partial charge on any atom is -0.379 e. The van der Waals surface area contributed by atoms with Gasteiger partial charge in [0.15, 0.2) is 5.11 Å². The SMILES string of the molecule is Cc1cccc(C(C)C)c1NC(=S)N(CCCN1CCOCC1)Cc1ccc(C(C)C)cc1. The molecule has 1 fully saturated rings. The number of aryl methyl sites for hydroxylation is 1. The van der Waals surface area contributed by atoms with Gasteiger partial charge >= 0.3 is 0 Å². The molecule has 1 aliphatic heterocycles. The maximum atomic E-state index is 5.98. The van der Waals surface area contributed by atoms with Crippen molar-refractivity contribution in [2.24, 2.45) is 0 Å². The zero-order valence-electron chi connectivity index (χ0n) is 21.1. The molecule has 0 unspecified atom stereocenters. The third-order valence-corrected chi connectivity index (χ3v) is 6.83. The largest absolute Gasteiger partial charge is 0.379 e. The fourth-order valence-corrected chi connectivity index (χ4v) is 4.58. The molecule has 2 aromatic rings. The number of nitrogens with one attached hydrogen (secondary N) is 1. The van der Waals surface area contributed by atoms with Crippen LogP contribution in [0, 0.1) is 6.92 Å². The molecule has 1 aliphatic rings. The number of morpholine rings is 1. The lowest BCUT2D eigenvalue weighted by Crippen LogP contribution is -2.40. The molecular formula is C28H41N3OS. The molecule has 2 aromatic carbocycles. The van der Waals surface area contributed by atoms with Gasteiger partial charge in [-0.1, -0.05) is 70.2 Å². The Bertz CT molecular complexity index is 889. The number of hydrogen-bond donors (Lipinski definition) is 1. The highest BCUT2D eigenvalue weighted by molar-refractivity contribution is 7.80. The molecule has 0 aromatic heterocycles. The monoisotopic (exact) mass is 467 g/mol. The summed E-state index contributed by atoms with van der Waals surface area (Å²) in [5.74, 6) is 0.982. The second-order valence-corrected chi connectivity index (χ2v) is 10.1. The molecule has 5 heteroatoms. The van der Waals surface area contributed by atoms with E-state index in [2.05, 4.69) is 92.2 Å². The molecule has 0 bridgehead atoms. The van der Waals surface area contributed by atoms with Crippen LogP contribution in [0.5, 0.6) is 0 Å². The lowest BCUT2D eigenvalue weighted by atomic mass is 9.98. The van der Waals surface area contributed by atoms with Crippen molar-refractivity contribution in [2.45, 2.75) is 59.4 Å². The second kappa shape index (κ2) is 12.5. The van der Waals surface area contributed by atoms with Gasteiger partial charge in [0.05, 0.1) is 13.2 Å². The smallest absolute Gasteiger partial charge is 0.173 e. The predicted molar refractivity (Wildman–Crippen MR) is 144 cm³/mol. The van der Waals surface area contributed by atoms with Crippen LogP contribution in [0.25, 0.3) is 0 Å². The van der Waals surface area contributed by atoms with E-state index in [0.29, 0.717) is 11.8 Å². The summed E-state index contributed by atoms with van der Waals surface area (Å²) < 4.78 is 5.50. The Kier molecular flexibility index (Phi) is 9.72. The van der Waals surface area contributed by atoms with Crippen LogP contribution in [-0.4, -0.2) is 54.3 Å². The first-order valence-electron chi connectivity index (χ1n) is 12.4. The molecule has 0 saturated carbocycles. The normalized spacial score (nSPS) is 14.6. The third kappa shape index (κ3) is 7.53. The molecule has 1 saturated heterocycles. The van der Waals surface area contributed by atoms with Crippen LogP contribution >= 0.6 is 12.2 Å². The molecule has 0 radical (unpaired) electrons. The average molecular weight is 468 g/mol. The summed E-state index contributed by atoms with van der Waals surface area (Å²) in [7, 11) is 0. The van der Waals surface area contributed by atoms with Gasteiger partial charge in [-0.2, -0.15) is 0 Å². The minimum absolute atomic E-state index is 0.438. The van der Waals surface area contributed by atoms with Gasteiger partial charge in [-0.05, 0) is 59.7 Å². The quantitative estimate of drug-likeness (QED) is 0.446. The molecule has 0 atom stereocenters. The maximum absolute atomic E-state index is 5.98. The summed E-state index contributed by atoms with van der Waals surface area (Å²) in [5, 5.41) is 4.43. The second-order valence-electron chi connectivity index (χ2n) is 9.75. The van der Waals surface area contributed by atoms with E-state index in [4.69, 9.17) is 17.0 Å². The Labute approximate surface area is 206 Å². The summed E-state index contributed by atoms with van der Waals surface area (Å²) in [6.07, 6.45) is 1.08. The Balaban J connectivity index is 1.73. The van der Waals surface area contributed by atoms with E-state index >= 15 is 0 Å². The number of hydrogen-bond acceptors (Lipinski definition) is 3. The first kappa shape index (κ1) is 25.7. The van der Waals surface area contributed by atoms with Gasteiger partial charge in [0.2, 0.25) is 0 Å². The summed E-state index contributed by atoms with van der Waals surface area (Å²) in [4.78, 5) is 4.82. The molecule has 1 N–H and O–H groups in total. The molecule has 3 rings (SSSR count). The van der Waals surface area contributed by atoms with E-state index < -0.39 is 0 Å². The lowest BCUT2D eigenvalue weighted by molar-refractivity contribution is 0.0368. The van der Waals surface area contributed by atoms with E-state index in [0.717, 1.165) is 63.2 Å². The van der Waals surface area contributed by atoms with E-state index in [1.165, 1.54) is 22.3 Å². The van der Waals surface area contributed by atoms with Gasteiger partial charge in [-0.25, -0.2) is 0 Å². The Morgan fingerprint density at radius 1 is 1.03 bits per heavy atom. The van der Waals surface area contributed by atoms with Gasteiger partial charge < -0.3 is 15.0 Å². The predicted octanol–water partition coefficient (Wildman–Crippen LogP) is 6.16. The molecule has 0 amide bonds. The number of nitrogens with zero attached hydrogens (tertiary/aromatic N) is 2. The van der Waals surface area contributed by atoms with Crippen molar-refractivity contribution in [3.8, 4) is 0 Å². The standard InChI is InChI=1S/C28H41N3OS/c1-21(2)25-12-10-24(11-13-25)20-31(15-7-14-30-16-18-32-19-17-30)28(33)29-27-23(5)8-6-9-26(27)22(3)4/h6,8-13,21-22H,7,14-20H2,1-5H3,(H,29,33). The number of rotatable bonds is 9. The van der Waals surface area contributed by atoms with Crippen LogP contribution in [0.3, 0.4) is 0 Å². The van der Waals surface area contributed by atoms with Gasteiger partial charge in [-0.3, -0.25) is 4.90 Å². The van der Waals surface area contributed by atoms with Crippen LogP contribution in [0.1, 0.15) is 68.2 Å². The van der Waals surface area contributed by atoms with Crippen molar-refractivity contribution in [3.05, 3.63) is 64.7 Å². The zero-order chi connectivity index (χ0) is 23.8. The summed E-state index contributed by atoms with van der Waals surface area (Å²) >= 11 is 5.98. The number of ether oxygens (including phenoxy) is 1. The van der Waals surface area contributed by atoms with Crippen molar-refractivity contribution in [3.63, 3.8) is 0 Å². The highest BCUT2D eigenvalue weighted by Crippen LogP contribution is 2.28. The van der Waals surface area contributed by atoms with Gasteiger partial charge in [-0.15, -0.1) is 0 Å². The highest BCUT2D eigenvalue weighted by atomic mass is 32.1. The van der Waals surface area contributed by atoms with E-state index in [1.54, 1.807) is 0 Å². The topological polar surface area (TPSA) is 27.7 Å². The molecular weight excluding hydrogens is 426 g/mol. The van der Waals surface area contributed by atoms with Crippen LogP contribution < -0.4 is 5.32 Å². The molecule has 0 aliphatic carbocycles. The minimum atomic E-state index is 0.438. The Morgan fingerprint density at radius 2 is 1.73 bits per heavy atom. The molecule has 1 heterocycles. The zero-order valence-corrected chi connectivity index (χ0v) is 21.9. The Morgan fingerprint density at radius 3 is 2.36 bits per heavy atom. The fraction of sp³-hybridized carbons (Fsp3) is 0.536. The van der Waals surface area contributed by atoms with E-state index in [-0.39, 0.29) is 0 Å². The van der Waals surface area contributed by atoms with Crippen LogP contribution in [-0.2, 0) is 11.3 Å². The molecule has 180 valence electrons. The third-order valence-electron chi connectivity index (χ3n) is 6.47. The number of benzene rings is 2. The van der Waals surface area contributed by atoms with Gasteiger partial charge in [0.1, 0.15) is 0 Å². The number of thiocarbonyl (C=S) groups is 1. The van der Waals surface area contributed by atoms with Crippen molar-refractivity contribution >= 4 is 23.0 Å². The van der Waals surface area contributed by atoms with Crippen LogP contribution in [0.4, 0.5) is 5.69 Å². The molecule has 4 nitrogen and oxygen atoms in total. The first-order chi connectivity index (χ1) is 15.8. The van der Waals surface area contributed by atoms with Crippen molar-refractivity contribution in [2.75, 3.05) is 44.7 Å². The number of anilines is 1. The number of para-hydroxylation sites is 1. The molecule has 33 heavy (non-hydrogen) atoms. The van der Waals surface area contributed by atoms with Crippen molar-refractivity contribution in [1.29, 1.82) is 0 Å². The summed E-state index contributed by atoms with van der Waals surface area (Å²) in [5.41, 5.74) is 6.37. The van der Waals surface area contributed by atoms with Gasteiger partial charge in [0, 0.05) is 38.4 Å². The Hall–Kier alpha value is -1.95. The highest BCUT2D eigenvalue weighted by Gasteiger charge is 2.17. The van der Waals surface area contributed by atoms with Crippen LogP contribution in [0.2, 0.25) is 0 Å². The molecule has 0 spiro atoms. The first-order valence-corrected chi connectivity index (χ1v) is 12.8. The lowest BCUT2D eigenvalue weighted by Gasteiger charge is -2.30. The maximum Gasteiger partial charge on any atom is 0.173 e. The van der Waals surface area contributed by atoms with Crippen LogP contribution in [0.15, 0.2) is 42.5 Å². The van der Waals surface area contributed by atoms with Crippen molar-refractivity contribution in [1.82, 2.24) is 9.80 Å². The average Bonchev–Trinajstić information content (AvgIpc) is 2.80. The summed E-state index contributed by atoms with van der Waals surface area (Å²) in [6.45, 7) is 17.7. The van der Waals surface area contributed by atoms with E-state index in [1.807, 2.05) is 0 Å². The van der Waals surface area contributed by atoms with Crippen molar-refractivity contribution < 1.29 is 4.74 Å². The van der Waals surface area contributed by atoms with Gasteiger partial charge in [0.25, 0.3) is 0 Å². The van der Waals surface area contributed by atoms with E-state index in [9.17, 15) is 0 Å². The fourth-order valence-electron chi connectivity index (χ4n) is 4.32.